The molecule has 2 aliphatic heterocycles. The third-order valence-electron chi connectivity index (χ3n) is 4.97. The third kappa shape index (κ3) is 3.95. The maximum Gasteiger partial charge on any atom is 0.129 e. The lowest BCUT2D eigenvalue weighted by Crippen LogP contribution is -2.34. The SMILES string of the molecule is CN(CCCC[C@H]1CCc2cccnc2N1)[C@@H]1CCNC1. The predicted octanol–water partition coefficient (Wildman–Crippen LogP) is 2.27. The van der Waals surface area contributed by atoms with E-state index in [9.17, 15) is 0 Å². The highest BCUT2D eigenvalue weighted by atomic mass is 15.2. The van der Waals surface area contributed by atoms with Gasteiger partial charge in [-0.1, -0.05) is 12.5 Å². The molecule has 21 heavy (non-hydrogen) atoms. The molecular weight excluding hydrogens is 260 g/mol. The monoisotopic (exact) mass is 288 g/mol. The van der Waals surface area contributed by atoms with Crippen molar-refractivity contribution >= 4 is 5.82 Å². The quantitative estimate of drug-likeness (QED) is 0.788. The summed E-state index contributed by atoms with van der Waals surface area (Å²) < 4.78 is 0. The molecule has 1 aromatic rings. The van der Waals surface area contributed by atoms with Crippen LogP contribution in [0.3, 0.4) is 0 Å². The summed E-state index contributed by atoms with van der Waals surface area (Å²) in [5, 5.41) is 7.05. The minimum Gasteiger partial charge on any atom is -0.367 e. The molecule has 116 valence electrons. The average Bonchev–Trinajstić information content (AvgIpc) is 3.06. The molecule has 0 aliphatic carbocycles. The van der Waals surface area contributed by atoms with Crippen LogP contribution in [0.4, 0.5) is 5.82 Å². The van der Waals surface area contributed by atoms with E-state index in [1.807, 2.05) is 12.3 Å². The van der Waals surface area contributed by atoms with Crippen molar-refractivity contribution in [3.8, 4) is 0 Å². The van der Waals surface area contributed by atoms with E-state index in [0.717, 1.165) is 11.9 Å². The molecule has 1 saturated heterocycles. The van der Waals surface area contributed by atoms with E-state index < -0.39 is 0 Å². The Balaban J connectivity index is 1.35. The van der Waals surface area contributed by atoms with Crippen LogP contribution in [-0.2, 0) is 6.42 Å². The van der Waals surface area contributed by atoms with Gasteiger partial charge in [0.25, 0.3) is 0 Å². The zero-order valence-electron chi connectivity index (χ0n) is 13.1. The minimum atomic E-state index is 0.617. The molecule has 1 aromatic heterocycles. The van der Waals surface area contributed by atoms with E-state index in [1.54, 1.807) is 0 Å². The molecule has 2 aliphatic rings. The lowest BCUT2D eigenvalue weighted by Gasteiger charge is -2.27. The molecule has 0 saturated carbocycles. The Morgan fingerprint density at radius 3 is 3.14 bits per heavy atom. The van der Waals surface area contributed by atoms with Crippen molar-refractivity contribution < 1.29 is 0 Å². The Morgan fingerprint density at radius 2 is 2.29 bits per heavy atom. The Morgan fingerprint density at radius 1 is 1.33 bits per heavy atom. The fourth-order valence-electron chi connectivity index (χ4n) is 3.53. The molecule has 0 spiro atoms. The number of unbranched alkanes of at least 4 members (excludes halogenated alkanes) is 1. The van der Waals surface area contributed by atoms with E-state index in [-0.39, 0.29) is 0 Å². The summed E-state index contributed by atoms with van der Waals surface area (Å²) in [4.78, 5) is 6.98. The van der Waals surface area contributed by atoms with Crippen LogP contribution in [0.1, 0.15) is 37.7 Å². The zero-order valence-corrected chi connectivity index (χ0v) is 13.1. The number of fused-ring (bicyclic) bond motifs is 1. The van der Waals surface area contributed by atoms with E-state index in [0.29, 0.717) is 6.04 Å². The molecule has 4 nitrogen and oxygen atoms in total. The maximum atomic E-state index is 4.45. The van der Waals surface area contributed by atoms with E-state index >= 15 is 0 Å². The molecule has 4 heteroatoms. The van der Waals surface area contributed by atoms with Crippen LogP contribution in [-0.4, -0.2) is 48.6 Å². The number of likely N-dealkylation sites (N-methyl/N-ethyl adjacent to an activating group) is 1. The van der Waals surface area contributed by atoms with Crippen molar-refractivity contribution in [3.63, 3.8) is 0 Å². The summed E-state index contributed by atoms with van der Waals surface area (Å²) in [5.74, 6) is 1.11. The normalized spacial score (nSPS) is 24.9. The van der Waals surface area contributed by atoms with Gasteiger partial charge in [0.2, 0.25) is 0 Å². The van der Waals surface area contributed by atoms with Gasteiger partial charge in [-0.3, -0.25) is 0 Å². The van der Waals surface area contributed by atoms with Crippen molar-refractivity contribution in [2.75, 3.05) is 32.0 Å². The number of nitrogens with zero attached hydrogens (tertiary/aromatic N) is 2. The van der Waals surface area contributed by atoms with Gasteiger partial charge in [-0.25, -0.2) is 4.98 Å². The number of rotatable bonds is 6. The summed E-state index contributed by atoms with van der Waals surface area (Å²) in [5.41, 5.74) is 1.38. The summed E-state index contributed by atoms with van der Waals surface area (Å²) in [6.07, 6.45) is 9.51. The Labute approximate surface area is 128 Å². The number of nitrogens with one attached hydrogen (secondary N) is 2. The molecule has 3 rings (SSSR count). The second-order valence-electron chi connectivity index (χ2n) is 6.51. The van der Waals surface area contributed by atoms with E-state index in [1.165, 1.54) is 63.7 Å². The lowest BCUT2D eigenvalue weighted by molar-refractivity contribution is 0.250. The van der Waals surface area contributed by atoms with Crippen molar-refractivity contribution in [1.82, 2.24) is 15.2 Å². The number of pyridine rings is 1. The third-order valence-corrected chi connectivity index (χ3v) is 4.97. The Hall–Kier alpha value is -1.13. The summed E-state index contributed by atoms with van der Waals surface area (Å²) in [6, 6.07) is 5.60. The molecule has 2 atom stereocenters. The van der Waals surface area contributed by atoms with Gasteiger partial charge in [-0.2, -0.15) is 0 Å². The first-order valence-electron chi connectivity index (χ1n) is 8.44. The van der Waals surface area contributed by atoms with Crippen LogP contribution < -0.4 is 10.6 Å². The van der Waals surface area contributed by atoms with Crippen LogP contribution in [0.25, 0.3) is 0 Å². The van der Waals surface area contributed by atoms with Crippen LogP contribution >= 0.6 is 0 Å². The lowest BCUT2D eigenvalue weighted by atomic mass is 9.97. The van der Waals surface area contributed by atoms with Gasteiger partial charge in [0.1, 0.15) is 5.82 Å². The number of aromatic nitrogens is 1. The van der Waals surface area contributed by atoms with Crippen LogP contribution in [0, 0.1) is 0 Å². The van der Waals surface area contributed by atoms with Crippen LogP contribution in [0.2, 0.25) is 0 Å². The molecule has 0 bridgehead atoms. The van der Waals surface area contributed by atoms with E-state index in [2.05, 4.69) is 33.6 Å². The highest BCUT2D eigenvalue weighted by Crippen LogP contribution is 2.24. The molecule has 0 amide bonds. The molecule has 0 radical (unpaired) electrons. The van der Waals surface area contributed by atoms with Crippen LogP contribution in [0.5, 0.6) is 0 Å². The second kappa shape index (κ2) is 7.23. The highest BCUT2D eigenvalue weighted by molar-refractivity contribution is 5.46. The Kier molecular flexibility index (Phi) is 5.09. The molecule has 1 fully saturated rings. The standard InChI is InChI=1S/C17H28N4/c1-21(16-9-11-18-13-16)12-3-2-6-15-8-7-14-5-4-10-19-17(14)20-15/h4-5,10,15-16,18H,2-3,6-9,11-13H2,1H3,(H,19,20)/t15-,16+/m0/s1. The largest absolute Gasteiger partial charge is 0.367 e. The first kappa shape index (κ1) is 14.8. The van der Waals surface area contributed by atoms with Crippen molar-refractivity contribution in [1.29, 1.82) is 0 Å². The summed E-state index contributed by atoms with van der Waals surface area (Å²) >= 11 is 0. The first-order valence-corrected chi connectivity index (χ1v) is 8.44. The maximum absolute atomic E-state index is 4.45. The van der Waals surface area contributed by atoms with Gasteiger partial charge in [0.15, 0.2) is 0 Å². The molecule has 0 unspecified atom stereocenters. The Bertz CT molecular complexity index is 442. The average molecular weight is 288 g/mol. The molecular formula is C17H28N4. The number of hydrogen-bond acceptors (Lipinski definition) is 4. The van der Waals surface area contributed by atoms with Gasteiger partial charge in [0, 0.05) is 24.8 Å². The smallest absolute Gasteiger partial charge is 0.129 e. The van der Waals surface area contributed by atoms with Gasteiger partial charge in [-0.05, 0) is 63.9 Å². The number of anilines is 1. The fraction of sp³-hybridized carbons (Fsp3) is 0.706. The molecule has 0 aromatic carbocycles. The van der Waals surface area contributed by atoms with Crippen molar-refractivity contribution in [2.45, 2.75) is 50.6 Å². The topological polar surface area (TPSA) is 40.2 Å². The second-order valence-corrected chi connectivity index (χ2v) is 6.51. The summed E-state index contributed by atoms with van der Waals surface area (Å²) in [6.45, 7) is 3.59. The molecule has 2 N–H and O–H groups in total. The van der Waals surface area contributed by atoms with Gasteiger partial charge in [0.05, 0.1) is 0 Å². The summed E-state index contributed by atoms with van der Waals surface area (Å²) in [7, 11) is 2.27. The molecule has 3 heterocycles. The zero-order chi connectivity index (χ0) is 14.5. The predicted molar refractivity (Wildman–Crippen MR) is 87.7 cm³/mol. The van der Waals surface area contributed by atoms with E-state index in [4.69, 9.17) is 0 Å². The first-order chi connectivity index (χ1) is 10.3. The van der Waals surface area contributed by atoms with Crippen molar-refractivity contribution in [3.05, 3.63) is 23.9 Å². The van der Waals surface area contributed by atoms with Crippen LogP contribution in [0.15, 0.2) is 18.3 Å². The van der Waals surface area contributed by atoms with Crippen molar-refractivity contribution in [2.24, 2.45) is 0 Å². The number of hydrogen-bond donors (Lipinski definition) is 2. The van der Waals surface area contributed by atoms with Gasteiger partial charge < -0.3 is 15.5 Å². The van der Waals surface area contributed by atoms with Gasteiger partial charge >= 0.3 is 0 Å². The fourth-order valence-corrected chi connectivity index (χ4v) is 3.53. The highest BCUT2D eigenvalue weighted by Gasteiger charge is 2.20. The number of aryl methyl sites for hydroxylation is 1. The van der Waals surface area contributed by atoms with Gasteiger partial charge in [-0.15, -0.1) is 0 Å². The minimum absolute atomic E-state index is 0.617.